The molecule has 0 aliphatic heterocycles. The van der Waals surface area contributed by atoms with Crippen LogP contribution in [0.15, 0.2) is 87.5 Å². The van der Waals surface area contributed by atoms with Gasteiger partial charge in [-0.05, 0) is 16.4 Å². The standard InChI is InChI=1S/C19H18N4O4/c1-21-23-22-17(19(25)27-13-15-10-6-3-7-11-15)16(20)18(24)26-12-14-8-4-2-5-9-14/h2-11H,1,12-13,20H2/b17-16-,23-22-. The van der Waals surface area contributed by atoms with Crippen LogP contribution in [0.5, 0.6) is 0 Å². The second-order valence-corrected chi connectivity index (χ2v) is 5.22. The molecule has 2 aromatic rings. The predicted octanol–water partition coefficient (Wildman–Crippen LogP) is 2.71. The summed E-state index contributed by atoms with van der Waals surface area (Å²) in [6.45, 7) is 3.09. The lowest BCUT2D eigenvalue weighted by atomic mass is 10.2. The maximum Gasteiger partial charge on any atom is 0.361 e. The van der Waals surface area contributed by atoms with E-state index in [1.54, 1.807) is 48.5 Å². The Morgan fingerprint density at radius 3 is 1.81 bits per heavy atom. The molecule has 8 nitrogen and oxygen atoms in total. The van der Waals surface area contributed by atoms with E-state index < -0.39 is 23.3 Å². The molecule has 0 amide bonds. The molecule has 0 unspecified atom stereocenters. The second kappa shape index (κ2) is 10.2. The third-order valence-electron chi connectivity index (χ3n) is 3.30. The molecule has 2 aromatic carbocycles. The summed E-state index contributed by atoms with van der Waals surface area (Å²) in [6.07, 6.45) is 0. The molecule has 0 radical (unpaired) electrons. The molecule has 0 aromatic heterocycles. The van der Waals surface area contributed by atoms with Crippen molar-refractivity contribution in [2.45, 2.75) is 13.2 Å². The number of rotatable bonds is 8. The summed E-state index contributed by atoms with van der Waals surface area (Å²) in [5, 5.41) is 9.94. The number of carbonyl (C=O) groups excluding carboxylic acids is 2. The van der Waals surface area contributed by atoms with Gasteiger partial charge in [0.1, 0.15) is 13.2 Å². The van der Waals surface area contributed by atoms with Crippen LogP contribution in [-0.2, 0) is 32.3 Å². The molecule has 8 heteroatoms. The fourth-order valence-corrected chi connectivity index (χ4v) is 1.97. The summed E-state index contributed by atoms with van der Waals surface area (Å²) in [6, 6.07) is 18.0. The highest BCUT2D eigenvalue weighted by Gasteiger charge is 2.22. The minimum absolute atomic E-state index is 0.0103. The number of hydrogen-bond acceptors (Lipinski definition) is 7. The van der Waals surface area contributed by atoms with Gasteiger partial charge in [-0.15, -0.1) is 10.2 Å². The lowest BCUT2D eigenvalue weighted by molar-refractivity contribution is -0.143. The zero-order valence-electron chi connectivity index (χ0n) is 14.4. The molecular formula is C19H18N4O4. The van der Waals surface area contributed by atoms with E-state index in [9.17, 15) is 9.59 Å². The summed E-state index contributed by atoms with van der Waals surface area (Å²) in [5.41, 5.74) is 6.21. The van der Waals surface area contributed by atoms with E-state index in [-0.39, 0.29) is 13.2 Å². The van der Waals surface area contributed by atoms with E-state index in [2.05, 4.69) is 22.2 Å². The number of esters is 2. The molecule has 0 spiro atoms. The van der Waals surface area contributed by atoms with Crippen LogP contribution < -0.4 is 5.73 Å². The third-order valence-corrected chi connectivity index (χ3v) is 3.30. The van der Waals surface area contributed by atoms with Gasteiger partial charge in [-0.3, -0.25) is 0 Å². The number of hydrogen-bond donors (Lipinski definition) is 1. The number of benzene rings is 2. The molecule has 0 heterocycles. The lowest BCUT2D eigenvalue weighted by Crippen LogP contribution is -2.21. The Hall–Kier alpha value is -3.81. The molecule has 0 saturated carbocycles. The Kier molecular flexibility index (Phi) is 7.40. The minimum Gasteiger partial charge on any atom is -0.456 e. The Morgan fingerprint density at radius 2 is 1.33 bits per heavy atom. The van der Waals surface area contributed by atoms with Crippen molar-refractivity contribution in [2.75, 3.05) is 0 Å². The number of ether oxygens (including phenoxy) is 2. The molecule has 2 N–H and O–H groups in total. The Bertz CT molecular complexity index is 849. The average Bonchev–Trinajstić information content (AvgIpc) is 2.72. The largest absolute Gasteiger partial charge is 0.456 e. The highest BCUT2D eigenvalue weighted by Crippen LogP contribution is 2.11. The summed E-state index contributed by atoms with van der Waals surface area (Å²) in [4.78, 5) is 24.4. The van der Waals surface area contributed by atoms with Crippen LogP contribution in [0.3, 0.4) is 0 Å². The minimum atomic E-state index is -0.930. The van der Waals surface area contributed by atoms with E-state index in [0.29, 0.717) is 0 Å². The normalized spacial score (nSPS) is 11.6. The Balaban J connectivity index is 2.08. The monoisotopic (exact) mass is 366 g/mol. The number of nitrogens with two attached hydrogens (primary N) is 1. The highest BCUT2D eigenvalue weighted by atomic mass is 16.5. The van der Waals surface area contributed by atoms with E-state index in [4.69, 9.17) is 15.2 Å². The van der Waals surface area contributed by atoms with Crippen molar-refractivity contribution in [3.63, 3.8) is 0 Å². The highest BCUT2D eigenvalue weighted by molar-refractivity contribution is 5.99. The fraction of sp³-hybridized carbons (Fsp3) is 0.105. The van der Waals surface area contributed by atoms with Gasteiger partial charge in [-0.25, -0.2) is 9.59 Å². The Morgan fingerprint density at radius 1 is 0.852 bits per heavy atom. The number of nitrogens with zero attached hydrogens (tertiary/aromatic N) is 3. The van der Waals surface area contributed by atoms with Crippen molar-refractivity contribution in [2.24, 2.45) is 21.2 Å². The molecule has 0 aliphatic carbocycles. The summed E-state index contributed by atoms with van der Waals surface area (Å²) in [7, 11) is 0. The predicted molar refractivity (Wildman–Crippen MR) is 98.1 cm³/mol. The second-order valence-electron chi connectivity index (χ2n) is 5.22. The van der Waals surface area contributed by atoms with Crippen molar-refractivity contribution in [1.29, 1.82) is 0 Å². The molecule has 0 saturated heterocycles. The summed E-state index contributed by atoms with van der Waals surface area (Å²) < 4.78 is 10.2. The average molecular weight is 366 g/mol. The fourth-order valence-electron chi connectivity index (χ4n) is 1.97. The van der Waals surface area contributed by atoms with E-state index >= 15 is 0 Å². The first-order valence-corrected chi connectivity index (χ1v) is 7.90. The maximum atomic E-state index is 12.3. The lowest BCUT2D eigenvalue weighted by Gasteiger charge is -2.08. The zero-order valence-corrected chi connectivity index (χ0v) is 14.4. The third kappa shape index (κ3) is 6.20. The summed E-state index contributed by atoms with van der Waals surface area (Å²) in [5.74, 6) is -1.85. The maximum absolute atomic E-state index is 12.3. The van der Waals surface area contributed by atoms with E-state index in [1.807, 2.05) is 12.1 Å². The van der Waals surface area contributed by atoms with Gasteiger partial charge in [0.15, 0.2) is 5.70 Å². The first-order valence-electron chi connectivity index (χ1n) is 7.90. The van der Waals surface area contributed by atoms with Crippen LogP contribution in [0, 0.1) is 0 Å². The van der Waals surface area contributed by atoms with Gasteiger partial charge in [0.2, 0.25) is 5.70 Å². The first-order chi connectivity index (χ1) is 13.1. The van der Waals surface area contributed by atoms with Crippen molar-refractivity contribution in [1.82, 2.24) is 0 Å². The SMILES string of the molecule is C=N/N=N\C(C(=O)OCc1ccccc1)=C(/N)C(=O)OCc1ccccc1. The quantitative estimate of drug-likeness (QED) is 0.253. The van der Waals surface area contributed by atoms with Gasteiger partial charge in [-0.2, -0.15) is 0 Å². The van der Waals surface area contributed by atoms with Crippen LogP contribution in [0.2, 0.25) is 0 Å². The molecule has 138 valence electrons. The van der Waals surface area contributed by atoms with Crippen molar-refractivity contribution in [3.8, 4) is 0 Å². The van der Waals surface area contributed by atoms with Crippen LogP contribution >= 0.6 is 0 Å². The smallest absolute Gasteiger partial charge is 0.361 e. The molecule has 0 aliphatic rings. The van der Waals surface area contributed by atoms with Crippen LogP contribution in [-0.4, -0.2) is 18.7 Å². The number of carbonyl (C=O) groups is 2. The van der Waals surface area contributed by atoms with Gasteiger partial charge in [0.05, 0.1) is 0 Å². The van der Waals surface area contributed by atoms with Crippen LogP contribution in [0.1, 0.15) is 11.1 Å². The van der Waals surface area contributed by atoms with Gasteiger partial charge >= 0.3 is 11.9 Å². The zero-order chi connectivity index (χ0) is 19.5. The van der Waals surface area contributed by atoms with Crippen molar-refractivity contribution < 1.29 is 19.1 Å². The van der Waals surface area contributed by atoms with Crippen LogP contribution in [0.25, 0.3) is 0 Å². The van der Waals surface area contributed by atoms with Crippen LogP contribution in [0.4, 0.5) is 0 Å². The molecular weight excluding hydrogens is 348 g/mol. The summed E-state index contributed by atoms with van der Waals surface area (Å²) >= 11 is 0. The first kappa shape index (κ1) is 19.5. The van der Waals surface area contributed by atoms with Gasteiger partial charge in [-0.1, -0.05) is 60.7 Å². The topological polar surface area (TPSA) is 116 Å². The molecule has 2 rings (SSSR count). The van der Waals surface area contributed by atoms with Gasteiger partial charge in [0.25, 0.3) is 0 Å². The van der Waals surface area contributed by atoms with Gasteiger partial charge < -0.3 is 15.2 Å². The van der Waals surface area contributed by atoms with Crippen molar-refractivity contribution >= 4 is 18.7 Å². The molecule has 0 fully saturated rings. The molecule has 0 bridgehead atoms. The van der Waals surface area contributed by atoms with Gasteiger partial charge in [0, 0.05) is 6.72 Å². The van der Waals surface area contributed by atoms with E-state index in [0.717, 1.165) is 11.1 Å². The molecule has 0 atom stereocenters. The molecule has 27 heavy (non-hydrogen) atoms. The van der Waals surface area contributed by atoms with Crippen molar-refractivity contribution in [3.05, 3.63) is 83.2 Å². The Labute approximate surface area is 156 Å². The van der Waals surface area contributed by atoms with E-state index in [1.165, 1.54) is 0 Å².